The quantitative estimate of drug-likeness (QED) is 0.186. The van der Waals surface area contributed by atoms with Gasteiger partial charge in [-0.15, -0.1) is 12.8 Å². The van der Waals surface area contributed by atoms with Gasteiger partial charge in [-0.3, -0.25) is 4.99 Å². The predicted octanol–water partition coefficient (Wildman–Crippen LogP) is 8.81. The summed E-state index contributed by atoms with van der Waals surface area (Å²) < 4.78 is 0. The molecule has 0 heterocycles. The molecule has 0 aliphatic rings. The van der Waals surface area contributed by atoms with Gasteiger partial charge in [0.15, 0.2) is 0 Å². The third-order valence-corrected chi connectivity index (χ3v) is 5.48. The Bertz CT molecular complexity index is 1270. The number of terminal acetylenes is 1. The highest BCUT2D eigenvalue weighted by Gasteiger charge is 2.06. The van der Waals surface area contributed by atoms with Crippen molar-refractivity contribution in [3.8, 4) is 12.8 Å². The van der Waals surface area contributed by atoms with Crippen LogP contribution in [0.25, 0.3) is 11.3 Å². The fourth-order valence-electron chi connectivity index (χ4n) is 3.19. The maximum absolute atomic E-state index is 6.27. The molecule has 4 nitrogen and oxygen atoms in total. The van der Waals surface area contributed by atoms with E-state index in [9.17, 15) is 0 Å². The van der Waals surface area contributed by atoms with Gasteiger partial charge in [0.1, 0.15) is 6.67 Å². The molecule has 0 saturated heterocycles. The molecule has 0 bridgehead atoms. The first kappa shape index (κ1) is 28.3. The lowest BCUT2D eigenvalue weighted by Crippen LogP contribution is -2.01. The molecule has 3 rings (SSSR count). The number of hydrogen-bond donors (Lipinski definition) is 3. The Morgan fingerprint density at radius 3 is 2.28 bits per heavy atom. The number of nitrogens with zero attached hydrogens (tertiary/aromatic N) is 1. The van der Waals surface area contributed by atoms with Crippen LogP contribution in [0.4, 0.5) is 17.1 Å². The predicted molar refractivity (Wildman–Crippen MR) is 161 cm³/mol. The molecule has 0 unspecified atom stereocenters. The van der Waals surface area contributed by atoms with Crippen molar-refractivity contribution in [2.75, 3.05) is 22.6 Å². The molecule has 0 spiro atoms. The molecular weight excluding hydrogens is 487 g/mol. The van der Waals surface area contributed by atoms with Crippen LogP contribution >= 0.6 is 23.2 Å². The van der Waals surface area contributed by atoms with Gasteiger partial charge in [-0.1, -0.05) is 54.6 Å². The molecule has 6 heteroatoms. The Balaban J connectivity index is 0.00000222. The van der Waals surface area contributed by atoms with Crippen molar-refractivity contribution in [1.29, 1.82) is 0 Å². The number of rotatable bonds is 10. The lowest BCUT2D eigenvalue weighted by molar-refractivity contribution is 1.15. The number of halogens is 2. The van der Waals surface area contributed by atoms with Gasteiger partial charge in [0, 0.05) is 50.3 Å². The van der Waals surface area contributed by atoms with Crippen LogP contribution in [0, 0.1) is 12.8 Å². The highest BCUT2D eigenvalue weighted by molar-refractivity contribution is 6.34. The summed E-state index contributed by atoms with van der Waals surface area (Å²) >= 11 is 12.4. The topological polar surface area (TPSA) is 48.5 Å². The Morgan fingerprint density at radius 1 is 0.889 bits per heavy atom. The lowest BCUT2D eigenvalue weighted by atomic mass is 10.1. The Labute approximate surface area is 224 Å². The zero-order chi connectivity index (χ0) is 26.5. The number of aliphatic imine (C=N–C) groups is 1. The van der Waals surface area contributed by atoms with Crippen molar-refractivity contribution in [3.63, 3.8) is 0 Å². The largest absolute Gasteiger partial charge is 0.366 e. The molecule has 0 aromatic heterocycles. The second kappa shape index (κ2) is 14.5. The van der Waals surface area contributed by atoms with Gasteiger partial charge >= 0.3 is 0 Å². The summed E-state index contributed by atoms with van der Waals surface area (Å²) in [5, 5.41) is 11.0. The molecule has 0 radical (unpaired) electrons. The summed E-state index contributed by atoms with van der Waals surface area (Å²) in [6.07, 6.45) is 11.8. The minimum atomic E-state index is 0.454. The van der Waals surface area contributed by atoms with Gasteiger partial charge in [-0.05, 0) is 79.6 Å². The van der Waals surface area contributed by atoms with Crippen molar-refractivity contribution in [2.45, 2.75) is 13.8 Å². The average molecular weight is 518 g/mol. The summed E-state index contributed by atoms with van der Waals surface area (Å²) in [4.78, 5) is 4.44. The third-order valence-electron chi connectivity index (χ3n) is 4.91. The van der Waals surface area contributed by atoms with Crippen LogP contribution in [0.5, 0.6) is 0 Å². The van der Waals surface area contributed by atoms with Crippen LogP contribution in [0.1, 0.15) is 25.0 Å². The highest BCUT2D eigenvalue weighted by atomic mass is 35.5. The monoisotopic (exact) mass is 516 g/mol. The molecule has 184 valence electrons. The van der Waals surface area contributed by atoms with Gasteiger partial charge in [0.25, 0.3) is 0 Å². The lowest BCUT2D eigenvalue weighted by Gasteiger charge is -2.13. The smallest absolute Gasteiger partial charge is 0.107 e. The van der Waals surface area contributed by atoms with E-state index in [-0.39, 0.29) is 0 Å². The average Bonchev–Trinajstić information content (AvgIpc) is 2.86. The van der Waals surface area contributed by atoms with Crippen LogP contribution in [0.3, 0.4) is 0 Å². The summed E-state index contributed by atoms with van der Waals surface area (Å²) in [6.45, 7) is 12.4. The Hall–Kier alpha value is -3.91. The van der Waals surface area contributed by atoms with E-state index in [4.69, 9.17) is 23.2 Å². The number of anilines is 3. The van der Waals surface area contributed by atoms with Gasteiger partial charge in [0.2, 0.25) is 0 Å². The molecule has 0 atom stereocenters. The van der Waals surface area contributed by atoms with Crippen LogP contribution in [0.15, 0.2) is 96.7 Å². The van der Waals surface area contributed by atoms with E-state index in [0.29, 0.717) is 22.4 Å². The van der Waals surface area contributed by atoms with E-state index in [0.717, 1.165) is 39.5 Å². The van der Waals surface area contributed by atoms with Crippen LogP contribution < -0.4 is 16.0 Å². The van der Waals surface area contributed by atoms with E-state index < -0.39 is 0 Å². The normalized spacial score (nSPS) is 10.8. The van der Waals surface area contributed by atoms with E-state index in [1.165, 1.54) is 0 Å². The first-order valence-electron chi connectivity index (χ1n) is 11.1. The van der Waals surface area contributed by atoms with Crippen LogP contribution in [-0.2, 0) is 0 Å². The third kappa shape index (κ3) is 9.03. The Kier molecular flexibility index (Phi) is 11.4. The molecule has 0 aliphatic heterocycles. The molecule has 0 fully saturated rings. The van der Waals surface area contributed by atoms with Crippen molar-refractivity contribution >= 4 is 57.7 Å². The second-order valence-corrected chi connectivity index (χ2v) is 8.65. The van der Waals surface area contributed by atoms with Crippen molar-refractivity contribution in [1.82, 2.24) is 0 Å². The molecule has 3 aromatic rings. The minimum absolute atomic E-state index is 0.454. The van der Waals surface area contributed by atoms with E-state index >= 15 is 0 Å². The van der Waals surface area contributed by atoms with Crippen LogP contribution in [-0.4, -0.2) is 12.9 Å². The first-order valence-corrected chi connectivity index (χ1v) is 11.9. The van der Waals surface area contributed by atoms with Crippen LogP contribution in [0.2, 0.25) is 10.0 Å². The molecule has 3 aromatic carbocycles. The standard InChI is InChI=1S/C28H28Cl2N4.C2H2/c1-19(2)33-24-11-8-22(9-12-24)20(3)14-15-31-18-32-25-6-5-7-26(17-25)34-21(4)27-16-23(29)10-13-28(27)30;1-2/h5-17,32-34H,1,4,18H2,2-3H3;1-2H/b20-14+,31-15-;. The highest BCUT2D eigenvalue weighted by Crippen LogP contribution is 2.28. The SMILES string of the molecule is C#C.C=C(C)Nc1ccc(/C(C)=C/C=N\CNc2cccc(NC(=C)c3cc(Cl)ccc3Cl)c2)cc1. The number of allylic oxidation sites excluding steroid dienone is 3. The summed E-state index contributed by atoms with van der Waals surface area (Å²) in [5.74, 6) is 0. The Morgan fingerprint density at radius 2 is 1.58 bits per heavy atom. The summed E-state index contributed by atoms with van der Waals surface area (Å²) in [7, 11) is 0. The van der Waals surface area contributed by atoms with Crippen molar-refractivity contribution in [2.24, 2.45) is 4.99 Å². The first-order chi connectivity index (χ1) is 17.3. The molecular formula is C30H30Cl2N4. The molecule has 0 saturated carbocycles. The van der Waals surface area contributed by atoms with Crippen molar-refractivity contribution < 1.29 is 0 Å². The van der Waals surface area contributed by atoms with Crippen molar-refractivity contribution in [3.05, 3.63) is 113 Å². The fraction of sp³-hybridized carbons (Fsp3) is 0.100. The zero-order valence-electron chi connectivity index (χ0n) is 20.5. The van der Waals surface area contributed by atoms with Gasteiger partial charge in [-0.25, -0.2) is 0 Å². The molecule has 0 amide bonds. The molecule has 3 N–H and O–H groups in total. The van der Waals surface area contributed by atoms with Gasteiger partial charge in [0.05, 0.1) is 0 Å². The maximum atomic E-state index is 6.27. The summed E-state index contributed by atoms with van der Waals surface area (Å²) in [6, 6.07) is 21.4. The van der Waals surface area contributed by atoms with E-state index in [1.807, 2.05) is 55.6 Å². The van der Waals surface area contributed by atoms with Gasteiger partial charge < -0.3 is 16.0 Å². The number of hydrogen-bond acceptors (Lipinski definition) is 4. The molecule has 0 aliphatic carbocycles. The maximum Gasteiger partial charge on any atom is 0.107 e. The second-order valence-electron chi connectivity index (χ2n) is 7.81. The number of benzene rings is 3. The minimum Gasteiger partial charge on any atom is -0.366 e. The summed E-state index contributed by atoms with van der Waals surface area (Å²) in [5.41, 5.74) is 7.48. The van der Waals surface area contributed by atoms with E-state index in [1.54, 1.807) is 18.2 Å². The molecule has 36 heavy (non-hydrogen) atoms. The number of nitrogens with one attached hydrogen (secondary N) is 3. The zero-order valence-corrected chi connectivity index (χ0v) is 22.0. The fourth-order valence-corrected chi connectivity index (χ4v) is 3.59. The van der Waals surface area contributed by atoms with Gasteiger partial charge in [-0.2, -0.15) is 0 Å². The van der Waals surface area contributed by atoms with E-state index in [2.05, 4.69) is 66.0 Å².